The van der Waals surface area contributed by atoms with Gasteiger partial charge in [-0.2, -0.15) is 0 Å². The van der Waals surface area contributed by atoms with Crippen molar-refractivity contribution in [3.63, 3.8) is 0 Å². The van der Waals surface area contributed by atoms with Crippen molar-refractivity contribution in [1.29, 1.82) is 0 Å². The van der Waals surface area contributed by atoms with Crippen molar-refractivity contribution in [2.24, 2.45) is 0 Å². The van der Waals surface area contributed by atoms with Gasteiger partial charge in [-0.25, -0.2) is 0 Å². The molecule has 0 amide bonds. The maximum atomic E-state index is 6.25. The summed E-state index contributed by atoms with van der Waals surface area (Å²) < 4.78 is 19.4. The first-order valence-corrected chi connectivity index (χ1v) is 11.0. The van der Waals surface area contributed by atoms with E-state index in [0.717, 1.165) is 17.2 Å². The Kier molecular flexibility index (Phi) is 5.94. The molecule has 0 unspecified atom stereocenters. The van der Waals surface area contributed by atoms with E-state index in [9.17, 15) is 0 Å². The van der Waals surface area contributed by atoms with E-state index >= 15 is 0 Å². The van der Waals surface area contributed by atoms with Gasteiger partial charge in [0, 0.05) is 0 Å². The molecule has 0 saturated carbocycles. The zero-order chi connectivity index (χ0) is 16.7. The Morgan fingerprint density at radius 2 is 0.833 bits per heavy atom. The molecule has 3 rings (SSSR count). The van der Waals surface area contributed by atoms with Gasteiger partial charge in [-0.3, -0.25) is 0 Å². The van der Waals surface area contributed by atoms with Crippen molar-refractivity contribution in [3.05, 3.63) is 91.0 Å². The van der Waals surface area contributed by atoms with E-state index in [1.807, 2.05) is 91.0 Å². The van der Waals surface area contributed by atoms with Crippen LogP contribution in [0.25, 0.3) is 0 Å². The van der Waals surface area contributed by atoms with E-state index < -0.39 is 7.94 Å². The van der Waals surface area contributed by atoms with Crippen LogP contribution >= 0.6 is 30.5 Å². The predicted octanol–water partition coefficient (Wildman–Crippen LogP) is 6.11. The van der Waals surface area contributed by atoms with E-state index in [1.165, 1.54) is 0 Å². The molecule has 3 aromatic carbocycles. The first-order chi connectivity index (χ1) is 11.8. The molecule has 124 valence electrons. The minimum absolute atomic E-state index is 0.615. The molecule has 3 aromatic rings. The molecule has 0 aromatic heterocycles. The molecule has 5 heteroatoms. The van der Waals surface area contributed by atoms with Crippen molar-refractivity contribution in [1.82, 2.24) is 0 Å². The fraction of sp³-hybridized carbons (Fsp3) is 0.0526. The number of benzene rings is 3. The quantitative estimate of drug-likeness (QED) is 0.246. The van der Waals surface area contributed by atoms with Crippen molar-refractivity contribution in [3.8, 4) is 17.2 Å². The van der Waals surface area contributed by atoms with Crippen molar-refractivity contribution in [2.75, 3.05) is 4.17 Å². The molecule has 0 aliphatic heterocycles. The van der Waals surface area contributed by atoms with Gasteiger partial charge < -0.3 is 0 Å². The molecule has 0 spiro atoms. The van der Waals surface area contributed by atoms with Gasteiger partial charge in [0.15, 0.2) is 0 Å². The molecular weight excluding hydrogens is 434 g/mol. The Bertz CT molecular complexity index is 637. The van der Waals surface area contributed by atoms with Gasteiger partial charge >= 0.3 is 157 Å². The Morgan fingerprint density at radius 3 is 1.08 bits per heavy atom. The zero-order valence-electron chi connectivity index (χ0n) is 13.0. The molecule has 0 aliphatic carbocycles. The first-order valence-electron chi connectivity index (χ1n) is 7.58. The zero-order valence-corrected chi connectivity index (χ0v) is 16.1. The van der Waals surface area contributed by atoms with Gasteiger partial charge in [-0.05, 0) is 0 Å². The van der Waals surface area contributed by atoms with Crippen LogP contribution in [0.5, 0.6) is 17.2 Å². The summed E-state index contributed by atoms with van der Waals surface area (Å²) in [5.41, 5.74) is 0. The second-order valence-corrected chi connectivity index (χ2v) is 9.60. The fourth-order valence-corrected chi connectivity index (χ4v) is 5.32. The summed E-state index contributed by atoms with van der Waals surface area (Å²) in [6, 6.07) is 29.0. The van der Waals surface area contributed by atoms with Gasteiger partial charge in [-0.15, -0.1) is 0 Å². The Hall–Kier alpha value is -1.78. The second-order valence-electron chi connectivity index (χ2n) is 5.06. The summed E-state index contributed by atoms with van der Waals surface area (Å²) >= 11 is 2.27. The summed E-state index contributed by atoms with van der Waals surface area (Å²) in [5, 5.41) is 0. The molecule has 3 nitrogen and oxygen atoms in total. The van der Waals surface area contributed by atoms with Crippen molar-refractivity contribution >= 4 is 30.5 Å². The first kappa shape index (κ1) is 17.1. The van der Waals surface area contributed by atoms with E-state index in [-0.39, 0.29) is 0 Å². The Balaban J connectivity index is 1.91. The number of hydrogen-bond acceptors (Lipinski definition) is 3. The normalized spacial score (nSPS) is 11.5. The van der Waals surface area contributed by atoms with Gasteiger partial charge in [0.1, 0.15) is 0 Å². The minimum atomic E-state index is -3.01. The third-order valence-corrected chi connectivity index (χ3v) is 7.98. The van der Waals surface area contributed by atoms with Gasteiger partial charge in [0.05, 0.1) is 0 Å². The van der Waals surface area contributed by atoms with Crippen LogP contribution in [-0.4, -0.2) is 4.17 Å². The third kappa shape index (κ3) is 4.62. The molecule has 0 fully saturated rings. The van der Waals surface area contributed by atoms with E-state index in [2.05, 4.69) is 22.6 Å². The Labute approximate surface area is 156 Å². The summed E-state index contributed by atoms with van der Waals surface area (Å²) in [7, 11) is -3.01. The topological polar surface area (TPSA) is 27.7 Å². The van der Waals surface area contributed by atoms with Gasteiger partial charge in [0.2, 0.25) is 0 Å². The summed E-state index contributed by atoms with van der Waals surface area (Å²) in [6.45, 7) is 0. The summed E-state index contributed by atoms with van der Waals surface area (Å²) in [6.07, 6.45) is 0. The monoisotopic (exact) mass is 452 g/mol. The fourth-order valence-electron chi connectivity index (χ4n) is 2.15. The van der Waals surface area contributed by atoms with Gasteiger partial charge in [0.25, 0.3) is 0 Å². The van der Waals surface area contributed by atoms with Crippen LogP contribution in [0.3, 0.4) is 0 Å². The van der Waals surface area contributed by atoms with Crippen LogP contribution in [0.15, 0.2) is 91.0 Å². The van der Waals surface area contributed by atoms with Crippen LogP contribution in [0, 0.1) is 0 Å². The van der Waals surface area contributed by atoms with E-state index in [4.69, 9.17) is 13.6 Å². The molecule has 0 saturated heterocycles. The average Bonchev–Trinajstić information content (AvgIpc) is 2.64. The number of para-hydroxylation sites is 3. The molecular formula is C19H18IO3P. The maximum absolute atomic E-state index is 6.25. The summed E-state index contributed by atoms with van der Waals surface area (Å²) in [5.74, 6) is 2.23. The third-order valence-electron chi connectivity index (χ3n) is 3.21. The molecule has 0 heterocycles. The molecule has 0 N–H and O–H groups in total. The number of halogens is 1. The van der Waals surface area contributed by atoms with Crippen LogP contribution < -0.4 is 13.6 Å². The van der Waals surface area contributed by atoms with Crippen molar-refractivity contribution in [2.45, 2.75) is 0 Å². The number of rotatable bonds is 7. The van der Waals surface area contributed by atoms with Crippen LogP contribution in [-0.2, 0) is 0 Å². The average molecular weight is 452 g/mol. The SMILES string of the molecule is IC[PH](Oc1ccccc1)(Oc1ccccc1)Oc1ccccc1. The number of hydrogen-bond donors (Lipinski definition) is 0. The molecule has 0 aliphatic rings. The van der Waals surface area contributed by atoms with Crippen molar-refractivity contribution < 1.29 is 13.6 Å². The second kappa shape index (κ2) is 8.36. The van der Waals surface area contributed by atoms with Crippen LogP contribution in [0.4, 0.5) is 0 Å². The van der Waals surface area contributed by atoms with E-state index in [0.29, 0.717) is 4.17 Å². The molecule has 0 atom stereocenters. The number of alkyl halides is 1. The van der Waals surface area contributed by atoms with E-state index in [1.54, 1.807) is 0 Å². The molecule has 0 bridgehead atoms. The standard InChI is InChI=1S/C19H18IO3P/c20-16-24(21-17-10-4-1-5-11-17,22-18-12-6-2-7-13-18)23-19-14-8-3-9-15-19/h1-15,24H,16H2. The van der Waals surface area contributed by atoms with Gasteiger partial charge in [-0.1, -0.05) is 0 Å². The Morgan fingerprint density at radius 1 is 0.542 bits per heavy atom. The molecule has 0 radical (unpaired) electrons. The summed E-state index contributed by atoms with van der Waals surface area (Å²) in [4.78, 5) is 0. The van der Waals surface area contributed by atoms with Crippen LogP contribution in [0.1, 0.15) is 0 Å². The predicted molar refractivity (Wildman–Crippen MR) is 108 cm³/mol. The molecule has 24 heavy (non-hydrogen) atoms. The van der Waals surface area contributed by atoms with Crippen LogP contribution in [0.2, 0.25) is 0 Å².